The Hall–Kier alpha value is -1.66. The number of aryl methyl sites for hydroxylation is 1. The third kappa shape index (κ3) is 3.70. The molecule has 3 rings (SSSR count). The fourth-order valence-corrected chi connectivity index (χ4v) is 4.32. The van der Waals surface area contributed by atoms with Gasteiger partial charge in [-0.3, -0.25) is 4.57 Å². The van der Waals surface area contributed by atoms with Crippen LogP contribution in [0.2, 0.25) is 0 Å². The monoisotopic (exact) mass is 361 g/mol. The highest BCUT2D eigenvalue weighted by Gasteiger charge is 2.17. The minimum atomic E-state index is -0.204. The summed E-state index contributed by atoms with van der Waals surface area (Å²) in [5.74, 6) is 1.37. The summed E-state index contributed by atoms with van der Waals surface area (Å²) in [6.45, 7) is 6.42. The SMILES string of the molecule is CCc1cc(-c2nnc(SCc3cccc(F)c3)n2C(C)C)cs1. The van der Waals surface area contributed by atoms with Gasteiger partial charge in [0.05, 0.1) is 0 Å². The molecule has 0 saturated carbocycles. The van der Waals surface area contributed by atoms with Crippen LogP contribution >= 0.6 is 23.1 Å². The minimum Gasteiger partial charge on any atom is -0.299 e. The summed E-state index contributed by atoms with van der Waals surface area (Å²) in [5, 5.41) is 11.8. The predicted molar refractivity (Wildman–Crippen MR) is 99.1 cm³/mol. The molecule has 0 saturated heterocycles. The Morgan fingerprint density at radius 2 is 2.08 bits per heavy atom. The number of aromatic nitrogens is 3. The van der Waals surface area contributed by atoms with Crippen LogP contribution in [0.25, 0.3) is 11.4 Å². The number of thioether (sulfide) groups is 1. The zero-order valence-corrected chi connectivity index (χ0v) is 15.6. The van der Waals surface area contributed by atoms with Gasteiger partial charge in [-0.05, 0) is 44.0 Å². The number of hydrogen-bond donors (Lipinski definition) is 0. The van der Waals surface area contributed by atoms with Gasteiger partial charge >= 0.3 is 0 Å². The van der Waals surface area contributed by atoms with Crippen LogP contribution in [0, 0.1) is 5.82 Å². The standard InChI is InChI=1S/C18H20FN3S2/c1-4-16-9-14(11-23-16)17-20-21-18(22(17)12(2)3)24-10-13-6-5-7-15(19)8-13/h5-9,11-12H,4,10H2,1-3H3. The molecule has 0 aliphatic heterocycles. The van der Waals surface area contributed by atoms with Gasteiger partial charge in [-0.2, -0.15) is 0 Å². The van der Waals surface area contributed by atoms with Gasteiger partial charge in [0.15, 0.2) is 11.0 Å². The van der Waals surface area contributed by atoms with Crippen molar-refractivity contribution in [1.29, 1.82) is 0 Å². The van der Waals surface area contributed by atoms with Gasteiger partial charge in [0.25, 0.3) is 0 Å². The Balaban J connectivity index is 1.86. The van der Waals surface area contributed by atoms with Gasteiger partial charge in [-0.25, -0.2) is 4.39 Å². The quantitative estimate of drug-likeness (QED) is 0.537. The maximum absolute atomic E-state index is 13.3. The molecule has 0 spiro atoms. The van der Waals surface area contributed by atoms with Crippen LogP contribution in [-0.2, 0) is 12.2 Å². The van der Waals surface area contributed by atoms with Crippen LogP contribution in [0.3, 0.4) is 0 Å². The highest BCUT2D eigenvalue weighted by molar-refractivity contribution is 7.98. The number of halogens is 1. The number of benzene rings is 1. The van der Waals surface area contributed by atoms with Crippen molar-refractivity contribution >= 4 is 23.1 Å². The average Bonchev–Trinajstić information content (AvgIpc) is 3.19. The summed E-state index contributed by atoms with van der Waals surface area (Å²) in [6.07, 6.45) is 1.03. The number of nitrogens with zero attached hydrogens (tertiary/aromatic N) is 3. The Labute approximate surface area is 149 Å². The van der Waals surface area contributed by atoms with E-state index in [-0.39, 0.29) is 11.9 Å². The van der Waals surface area contributed by atoms with Crippen LogP contribution < -0.4 is 0 Å². The van der Waals surface area contributed by atoms with Gasteiger partial charge in [0.2, 0.25) is 0 Å². The van der Waals surface area contributed by atoms with E-state index in [4.69, 9.17) is 0 Å². The lowest BCUT2D eigenvalue weighted by Gasteiger charge is -2.13. The van der Waals surface area contributed by atoms with Gasteiger partial charge in [-0.15, -0.1) is 21.5 Å². The molecular formula is C18H20FN3S2. The molecule has 2 aromatic heterocycles. The molecule has 24 heavy (non-hydrogen) atoms. The molecule has 0 amide bonds. The van der Waals surface area contributed by atoms with Crippen LogP contribution in [0.4, 0.5) is 4.39 Å². The number of rotatable bonds is 6. The lowest BCUT2D eigenvalue weighted by Crippen LogP contribution is -2.04. The summed E-state index contributed by atoms with van der Waals surface area (Å²) < 4.78 is 15.5. The molecule has 2 heterocycles. The average molecular weight is 362 g/mol. The van der Waals surface area contributed by atoms with E-state index in [0.717, 1.165) is 28.5 Å². The summed E-state index contributed by atoms with van der Waals surface area (Å²) in [5.41, 5.74) is 2.07. The summed E-state index contributed by atoms with van der Waals surface area (Å²) in [4.78, 5) is 1.34. The molecule has 1 aromatic carbocycles. The fourth-order valence-electron chi connectivity index (χ4n) is 2.50. The third-order valence-electron chi connectivity index (χ3n) is 3.70. The molecule has 0 aliphatic carbocycles. The van der Waals surface area contributed by atoms with E-state index >= 15 is 0 Å². The highest BCUT2D eigenvalue weighted by Crippen LogP contribution is 2.31. The van der Waals surface area contributed by atoms with E-state index in [9.17, 15) is 4.39 Å². The normalized spacial score (nSPS) is 11.4. The van der Waals surface area contributed by atoms with Gasteiger partial charge in [-0.1, -0.05) is 30.8 Å². The van der Waals surface area contributed by atoms with Crippen LogP contribution in [0.5, 0.6) is 0 Å². The summed E-state index contributed by atoms with van der Waals surface area (Å²) >= 11 is 3.35. The van der Waals surface area contributed by atoms with Crippen molar-refractivity contribution in [1.82, 2.24) is 14.8 Å². The van der Waals surface area contributed by atoms with Gasteiger partial charge < -0.3 is 0 Å². The Morgan fingerprint density at radius 3 is 2.75 bits per heavy atom. The third-order valence-corrected chi connectivity index (χ3v) is 5.79. The molecule has 0 unspecified atom stereocenters. The molecule has 0 aliphatic rings. The molecule has 0 bridgehead atoms. The largest absolute Gasteiger partial charge is 0.299 e. The minimum absolute atomic E-state index is 0.204. The molecule has 3 aromatic rings. The second kappa shape index (κ2) is 7.49. The Bertz CT molecular complexity index is 823. The van der Waals surface area contributed by atoms with E-state index in [0.29, 0.717) is 5.75 Å². The predicted octanol–water partition coefficient (Wildman–Crippen LogP) is 5.58. The van der Waals surface area contributed by atoms with Crippen molar-refractivity contribution in [2.45, 2.75) is 44.1 Å². The first-order valence-electron chi connectivity index (χ1n) is 7.98. The van der Waals surface area contributed by atoms with Crippen molar-refractivity contribution in [3.8, 4) is 11.4 Å². The first-order valence-corrected chi connectivity index (χ1v) is 9.85. The molecular weight excluding hydrogens is 341 g/mol. The van der Waals surface area contributed by atoms with E-state index in [2.05, 4.69) is 47.0 Å². The number of hydrogen-bond acceptors (Lipinski definition) is 4. The van der Waals surface area contributed by atoms with Crippen LogP contribution in [0.15, 0.2) is 40.9 Å². The fraction of sp³-hybridized carbons (Fsp3) is 0.333. The topological polar surface area (TPSA) is 30.7 Å². The highest BCUT2D eigenvalue weighted by atomic mass is 32.2. The van der Waals surface area contributed by atoms with Crippen molar-refractivity contribution in [3.63, 3.8) is 0 Å². The Kier molecular flexibility index (Phi) is 5.36. The van der Waals surface area contributed by atoms with E-state index in [1.54, 1.807) is 35.2 Å². The van der Waals surface area contributed by atoms with Crippen LogP contribution in [0.1, 0.15) is 37.3 Å². The first-order chi connectivity index (χ1) is 11.6. The molecule has 126 valence electrons. The second-order valence-electron chi connectivity index (χ2n) is 5.84. The maximum atomic E-state index is 13.3. The number of thiophene rings is 1. The molecule has 0 atom stereocenters. The van der Waals surface area contributed by atoms with Crippen molar-refractivity contribution in [2.75, 3.05) is 0 Å². The zero-order chi connectivity index (χ0) is 17.1. The molecule has 6 heteroatoms. The molecule has 0 N–H and O–H groups in total. The summed E-state index contributed by atoms with van der Waals surface area (Å²) in [7, 11) is 0. The molecule has 0 radical (unpaired) electrons. The maximum Gasteiger partial charge on any atom is 0.192 e. The smallest absolute Gasteiger partial charge is 0.192 e. The second-order valence-corrected chi connectivity index (χ2v) is 7.78. The molecule has 0 fully saturated rings. The Morgan fingerprint density at radius 1 is 1.25 bits per heavy atom. The zero-order valence-electron chi connectivity index (χ0n) is 14.0. The van der Waals surface area contributed by atoms with Gasteiger partial charge in [0.1, 0.15) is 5.82 Å². The van der Waals surface area contributed by atoms with Gasteiger partial charge in [0, 0.05) is 27.6 Å². The summed E-state index contributed by atoms with van der Waals surface area (Å²) in [6, 6.07) is 9.14. The van der Waals surface area contributed by atoms with Crippen molar-refractivity contribution in [3.05, 3.63) is 52.0 Å². The molecule has 3 nitrogen and oxygen atoms in total. The first kappa shape index (κ1) is 17.2. The van der Waals surface area contributed by atoms with E-state index < -0.39 is 0 Å². The van der Waals surface area contributed by atoms with Crippen molar-refractivity contribution < 1.29 is 4.39 Å². The van der Waals surface area contributed by atoms with Crippen LogP contribution in [-0.4, -0.2) is 14.8 Å². The lowest BCUT2D eigenvalue weighted by molar-refractivity contribution is 0.555. The van der Waals surface area contributed by atoms with E-state index in [1.165, 1.54) is 10.9 Å². The lowest BCUT2D eigenvalue weighted by atomic mass is 10.2. The van der Waals surface area contributed by atoms with E-state index in [1.807, 2.05) is 6.07 Å². The van der Waals surface area contributed by atoms with Crippen molar-refractivity contribution in [2.24, 2.45) is 0 Å².